The molecule has 0 aromatic heterocycles. The first kappa shape index (κ1) is 18.5. The minimum absolute atomic E-state index is 0.0606. The molecule has 1 amide bonds. The topological polar surface area (TPSA) is 48.0 Å². The second kappa shape index (κ2) is 7.94. The highest BCUT2D eigenvalue weighted by Crippen LogP contribution is 2.39. The van der Waals surface area contributed by atoms with Gasteiger partial charge in [0.1, 0.15) is 11.4 Å². The monoisotopic (exact) mass is 367 g/mol. The molecule has 2 fully saturated rings. The standard InChI is InChI=1S/C19H26ClNO4/c1-3-24-8-6-14-7-9-25-19(11-14)12-21(13-19)18(22)16-10-15(23-2)4-5-17(16)20/h4-5,10,14H,3,6-9,11-13H2,1-2H3/t14-/m1/s1. The van der Waals surface area contributed by atoms with E-state index in [2.05, 4.69) is 0 Å². The summed E-state index contributed by atoms with van der Waals surface area (Å²) in [6.07, 6.45) is 3.13. The van der Waals surface area contributed by atoms with E-state index in [4.69, 9.17) is 25.8 Å². The summed E-state index contributed by atoms with van der Waals surface area (Å²) < 4.78 is 16.7. The fourth-order valence-corrected chi connectivity index (χ4v) is 3.95. The van der Waals surface area contributed by atoms with E-state index < -0.39 is 0 Å². The number of carbonyl (C=O) groups is 1. The van der Waals surface area contributed by atoms with Crippen LogP contribution < -0.4 is 4.74 Å². The van der Waals surface area contributed by atoms with Crippen LogP contribution in [0, 0.1) is 5.92 Å². The van der Waals surface area contributed by atoms with Crippen molar-refractivity contribution in [1.29, 1.82) is 0 Å². The van der Waals surface area contributed by atoms with Gasteiger partial charge >= 0.3 is 0 Å². The third kappa shape index (κ3) is 4.10. The fourth-order valence-electron chi connectivity index (χ4n) is 3.75. The molecule has 0 aliphatic carbocycles. The summed E-state index contributed by atoms with van der Waals surface area (Å²) >= 11 is 6.20. The van der Waals surface area contributed by atoms with Gasteiger partial charge in [0.2, 0.25) is 0 Å². The molecule has 2 heterocycles. The van der Waals surface area contributed by atoms with Crippen LogP contribution in [0.1, 0.15) is 36.5 Å². The third-order valence-electron chi connectivity index (χ3n) is 5.12. The Balaban J connectivity index is 1.58. The maximum absolute atomic E-state index is 12.7. The number of carbonyl (C=O) groups excluding carboxylic acids is 1. The van der Waals surface area contributed by atoms with E-state index in [0.29, 0.717) is 35.3 Å². The number of likely N-dealkylation sites (tertiary alicyclic amines) is 1. The first-order chi connectivity index (χ1) is 12.1. The van der Waals surface area contributed by atoms with Crippen LogP contribution in [0.4, 0.5) is 0 Å². The summed E-state index contributed by atoms with van der Waals surface area (Å²) in [6.45, 7) is 5.61. The lowest BCUT2D eigenvalue weighted by molar-refractivity contribution is -0.167. The largest absolute Gasteiger partial charge is 0.497 e. The van der Waals surface area contributed by atoms with E-state index in [1.54, 1.807) is 25.3 Å². The molecule has 3 rings (SSSR count). The summed E-state index contributed by atoms with van der Waals surface area (Å²) in [5, 5.41) is 0.450. The van der Waals surface area contributed by atoms with Crippen LogP contribution in [0.25, 0.3) is 0 Å². The number of amides is 1. The highest BCUT2D eigenvalue weighted by Gasteiger charge is 2.49. The first-order valence-electron chi connectivity index (χ1n) is 8.91. The van der Waals surface area contributed by atoms with Crippen LogP contribution in [0.2, 0.25) is 5.02 Å². The SMILES string of the molecule is CCOCC[C@@H]1CCOC2(C1)CN(C(=O)c1cc(OC)ccc1Cl)C2. The van der Waals surface area contributed by atoms with E-state index in [1.165, 1.54) is 0 Å². The molecule has 25 heavy (non-hydrogen) atoms. The van der Waals surface area contributed by atoms with E-state index in [0.717, 1.165) is 39.1 Å². The summed E-state index contributed by atoms with van der Waals surface area (Å²) in [5.41, 5.74) is 0.301. The summed E-state index contributed by atoms with van der Waals surface area (Å²) in [6, 6.07) is 5.15. The molecule has 5 nitrogen and oxygen atoms in total. The molecule has 0 saturated carbocycles. The van der Waals surface area contributed by atoms with Crippen molar-refractivity contribution in [3.05, 3.63) is 28.8 Å². The number of halogens is 1. The molecular weight excluding hydrogens is 342 g/mol. The van der Waals surface area contributed by atoms with Crippen LogP contribution in [-0.4, -0.2) is 56.4 Å². The van der Waals surface area contributed by atoms with Crippen molar-refractivity contribution >= 4 is 17.5 Å². The van der Waals surface area contributed by atoms with Crippen LogP contribution in [-0.2, 0) is 9.47 Å². The summed E-state index contributed by atoms with van der Waals surface area (Å²) in [5.74, 6) is 1.18. The van der Waals surface area contributed by atoms with Crippen molar-refractivity contribution in [3.8, 4) is 5.75 Å². The van der Waals surface area contributed by atoms with Crippen molar-refractivity contribution in [3.63, 3.8) is 0 Å². The minimum Gasteiger partial charge on any atom is -0.497 e. The predicted octanol–water partition coefficient (Wildman–Crippen LogP) is 3.40. The number of nitrogens with zero attached hydrogens (tertiary/aromatic N) is 1. The molecule has 2 saturated heterocycles. The molecule has 6 heteroatoms. The Morgan fingerprint density at radius 3 is 2.96 bits per heavy atom. The molecule has 1 atom stereocenters. The Morgan fingerprint density at radius 1 is 1.44 bits per heavy atom. The smallest absolute Gasteiger partial charge is 0.255 e. The lowest BCUT2D eigenvalue weighted by Crippen LogP contribution is -2.66. The second-order valence-corrected chi connectivity index (χ2v) is 7.29. The normalized spacial score (nSPS) is 21.9. The van der Waals surface area contributed by atoms with Crippen LogP contribution in [0.15, 0.2) is 18.2 Å². The maximum Gasteiger partial charge on any atom is 0.255 e. The number of methoxy groups -OCH3 is 1. The lowest BCUT2D eigenvalue weighted by atomic mass is 9.79. The van der Waals surface area contributed by atoms with Crippen molar-refractivity contribution in [2.45, 2.75) is 31.8 Å². The molecule has 2 aliphatic heterocycles. The minimum atomic E-state index is -0.184. The Hall–Kier alpha value is -1.30. The van der Waals surface area contributed by atoms with E-state index >= 15 is 0 Å². The molecule has 1 aromatic rings. The zero-order valence-electron chi connectivity index (χ0n) is 14.9. The molecule has 0 unspecified atom stereocenters. The fraction of sp³-hybridized carbons (Fsp3) is 0.632. The average molecular weight is 368 g/mol. The third-order valence-corrected chi connectivity index (χ3v) is 5.45. The van der Waals surface area contributed by atoms with Gasteiger partial charge in [-0.25, -0.2) is 0 Å². The number of hydrogen-bond acceptors (Lipinski definition) is 4. The highest BCUT2D eigenvalue weighted by atomic mass is 35.5. The van der Waals surface area contributed by atoms with Crippen LogP contribution >= 0.6 is 11.6 Å². The zero-order valence-corrected chi connectivity index (χ0v) is 15.7. The van der Waals surface area contributed by atoms with Gasteiger partial charge in [0, 0.05) is 19.8 Å². The molecule has 0 N–H and O–H groups in total. The van der Waals surface area contributed by atoms with Gasteiger partial charge in [0.15, 0.2) is 0 Å². The van der Waals surface area contributed by atoms with Crippen LogP contribution in [0.5, 0.6) is 5.75 Å². The van der Waals surface area contributed by atoms with Crippen LogP contribution in [0.3, 0.4) is 0 Å². The van der Waals surface area contributed by atoms with E-state index in [9.17, 15) is 4.79 Å². The van der Waals surface area contributed by atoms with Crippen molar-refractivity contribution in [1.82, 2.24) is 4.90 Å². The molecule has 2 aliphatic rings. The Bertz CT molecular complexity index is 615. The zero-order chi connectivity index (χ0) is 17.9. The highest BCUT2D eigenvalue weighted by molar-refractivity contribution is 6.33. The number of rotatable bonds is 6. The molecule has 1 aromatic carbocycles. The summed E-state index contributed by atoms with van der Waals surface area (Å²) in [4.78, 5) is 14.6. The Morgan fingerprint density at radius 2 is 2.24 bits per heavy atom. The van der Waals surface area contributed by atoms with E-state index in [1.807, 2.05) is 11.8 Å². The molecule has 138 valence electrons. The number of benzene rings is 1. The number of hydrogen-bond donors (Lipinski definition) is 0. The summed E-state index contributed by atoms with van der Waals surface area (Å²) in [7, 11) is 1.58. The second-order valence-electron chi connectivity index (χ2n) is 6.88. The Kier molecular flexibility index (Phi) is 5.87. The maximum atomic E-state index is 12.7. The van der Waals surface area contributed by atoms with Gasteiger partial charge in [-0.3, -0.25) is 4.79 Å². The van der Waals surface area contributed by atoms with Crippen molar-refractivity contribution in [2.24, 2.45) is 5.92 Å². The van der Waals surface area contributed by atoms with Gasteiger partial charge in [-0.15, -0.1) is 0 Å². The number of ether oxygens (including phenoxy) is 3. The quantitative estimate of drug-likeness (QED) is 0.723. The van der Waals surface area contributed by atoms with Crippen molar-refractivity contribution < 1.29 is 19.0 Å². The molecular formula is C19H26ClNO4. The molecule has 0 bridgehead atoms. The Labute approximate surface area is 154 Å². The first-order valence-corrected chi connectivity index (χ1v) is 9.29. The van der Waals surface area contributed by atoms with Gasteiger partial charge in [0.25, 0.3) is 5.91 Å². The molecule has 0 radical (unpaired) electrons. The lowest BCUT2D eigenvalue weighted by Gasteiger charge is -2.53. The van der Waals surface area contributed by atoms with Crippen molar-refractivity contribution in [2.75, 3.05) is 40.0 Å². The molecule has 1 spiro atoms. The van der Waals surface area contributed by atoms with Gasteiger partial charge in [-0.1, -0.05) is 11.6 Å². The van der Waals surface area contributed by atoms with E-state index in [-0.39, 0.29) is 11.5 Å². The average Bonchev–Trinajstić information content (AvgIpc) is 2.60. The van der Waals surface area contributed by atoms with Gasteiger partial charge in [0.05, 0.1) is 30.8 Å². The van der Waals surface area contributed by atoms with Gasteiger partial charge in [-0.05, 0) is 50.3 Å². The van der Waals surface area contributed by atoms with Gasteiger partial charge < -0.3 is 19.1 Å². The predicted molar refractivity (Wildman–Crippen MR) is 96.4 cm³/mol. The van der Waals surface area contributed by atoms with Gasteiger partial charge in [-0.2, -0.15) is 0 Å².